The monoisotopic (exact) mass is 355 g/mol. The molecule has 0 N–H and O–H groups in total. The molecule has 1 aromatic heterocycles. The van der Waals surface area contributed by atoms with E-state index in [0.717, 1.165) is 34.0 Å². The molecule has 4 rings (SSSR count). The molecule has 1 saturated heterocycles. The molecule has 2 unspecified atom stereocenters. The molecule has 0 saturated carbocycles. The Morgan fingerprint density at radius 3 is 2.80 bits per heavy atom. The highest BCUT2D eigenvalue weighted by atomic mass is 32.1. The fraction of sp³-hybridized carbons (Fsp3) is 0.278. The van der Waals surface area contributed by atoms with Crippen molar-refractivity contribution in [3.8, 4) is 0 Å². The Balaban J connectivity index is 1.64. The predicted molar refractivity (Wildman–Crippen MR) is 98.2 cm³/mol. The first kappa shape index (κ1) is 16.0. The molecular weight excluding hydrogens is 338 g/mol. The maximum absolute atomic E-state index is 11.0. The smallest absolute Gasteiger partial charge is 0.270 e. The van der Waals surface area contributed by atoms with Gasteiger partial charge < -0.3 is 9.64 Å². The van der Waals surface area contributed by atoms with Gasteiger partial charge in [-0.1, -0.05) is 41.7 Å². The lowest BCUT2D eigenvalue weighted by Gasteiger charge is -2.36. The van der Waals surface area contributed by atoms with E-state index >= 15 is 0 Å². The highest BCUT2D eigenvalue weighted by Gasteiger charge is 2.28. The first-order valence-electron chi connectivity index (χ1n) is 8.10. The van der Waals surface area contributed by atoms with Crippen LogP contribution in [0.3, 0.4) is 0 Å². The topological polar surface area (TPSA) is 68.5 Å². The molecule has 1 aliphatic rings. The normalized spacial score (nSPS) is 20.8. The number of ether oxygens (including phenoxy) is 1. The third-order valence-corrected chi connectivity index (χ3v) is 5.35. The molecule has 7 heteroatoms. The second kappa shape index (κ2) is 6.42. The van der Waals surface area contributed by atoms with Crippen molar-refractivity contribution in [1.29, 1.82) is 0 Å². The van der Waals surface area contributed by atoms with E-state index < -0.39 is 0 Å². The minimum atomic E-state index is -0.374. The van der Waals surface area contributed by atoms with E-state index in [-0.39, 0.29) is 22.8 Å². The van der Waals surface area contributed by atoms with Crippen LogP contribution < -0.4 is 4.90 Å². The first-order valence-corrected chi connectivity index (χ1v) is 8.92. The van der Waals surface area contributed by atoms with Crippen molar-refractivity contribution in [2.45, 2.75) is 19.1 Å². The van der Waals surface area contributed by atoms with Gasteiger partial charge in [-0.15, -0.1) is 0 Å². The van der Waals surface area contributed by atoms with E-state index in [1.54, 1.807) is 12.1 Å². The lowest BCUT2D eigenvalue weighted by atomic mass is 10.1. The lowest BCUT2D eigenvalue weighted by Crippen LogP contribution is -2.42. The van der Waals surface area contributed by atoms with Crippen LogP contribution >= 0.6 is 11.3 Å². The molecule has 2 heterocycles. The Kier molecular flexibility index (Phi) is 4.10. The summed E-state index contributed by atoms with van der Waals surface area (Å²) in [6.07, 6.45) is 0.0756. The number of morpholine rings is 1. The number of nitro benzene ring substituents is 1. The molecular formula is C18H17N3O3S. The molecule has 2 atom stereocenters. The second-order valence-corrected chi connectivity index (χ2v) is 7.17. The molecule has 3 aromatic rings. The number of nitrogens with zero attached hydrogens (tertiary/aromatic N) is 3. The summed E-state index contributed by atoms with van der Waals surface area (Å²) < 4.78 is 6.93. The number of aromatic nitrogens is 1. The molecule has 0 radical (unpaired) electrons. The molecule has 128 valence electrons. The number of non-ortho nitro benzene ring substituents is 1. The van der Waals surface area contributed by atoms with Crippen LogP contribution in [-0.2, 0) is 4.74 Å². The summed E-state index contributed by atoms with van der Waals surface area (Å²) in [4.78, 5) is 17.5. The number of hydrogen-bond acceptors (Lipinski definition) is 6. The molecule has 1 aliphatic heterocycles. The maximum atomic E-state index is 11.0. The van der Waals surface area contributed by atoms with Gasteiger partial charge in [-0.05, 0) is 18.6 Å². The maximum Gasteiger partial charge on any atom is 0.270 e. The van der Waals surface area contributed by atoms with E-state index in [1.165, 1.54) is 17.4 Å². The minimum absolute atomic E-state index is 0.00806. The fourth-order valence-corrected chi connectivity index (χ4v) is 4.13. The SMILES string of the molecule is CC1CN(c2nc3ccc([N+](=O)[O-])cc3s2)CC(c2ccccc2)O1. The molecule has 0 bridgehead atoms. The molecule has 2 aromatic carbocycles. The van der Waals surface area contributed by atoms with Crippen molar-refractivity contribution >= 4 is 32.4 Å². The van der Waals surface area contributed by atoms with Crippen LogP contribution in [0.4, 0.5) is 10.8 Å². The number of nitro groups is 1. The molecule has 25 heavy (non-hydrogen) atoms. The summed E-state index contributed by atoms with van der Waals surface area (Å²) in [5.74, 6) is 0. The summed E-state index contributed by atoms with van der Waals surface area (Å²) >= 11 is 1.49. The molecule has 0 amide bonds. The third kappa shape index (κ3) is 3.20. The molecule has 0 aliphatic carbocycles. The molecule has 6 nitrogen and oxygen atoms in total. The van der Waals surface area contributed by atoms with Gasteiger partial charge in [-0.2, -0.15) is 0 Å². The Morgan fingerprint density at radius 1 is 1.24 bits per heavy atom. The van der Waals surface area contributed by atoms with E-state index in [4.69, 9.17) is 4.74 Å². The van der Waals surface area contributed by atoms with Gasteiger partial charge in [0.25, 0.3) is 5.69 Å². The lowest BCUT2D eigenvalue weighted by molar-refractivity contribution is -0.384. The van der Waals surface area contributed by atoms with Gasteiger partial charge in [0.15, 0.2) is 5.13 Å². The highest BCUT2D eigenvalue weighted by molar-refractivity contribution is 7.22. The van der Waals surface area contributed by atoms with E-state index in [1.807, 2.05) is 18.2 Å². The number of anilines is 1. The molecule has 0 spiro atoms. The average molecular weight is 355 g/mol. The number of benzene rings is 2. The van der Waals surface area contributed by atoms with Gasteiger partial charge >= 0.3 is 0 Å². The zero-order chi connectivity index (χ0) is 17.4. The van der Waals surface area contributed by atoms with Gasteiger partial charge in [0.1, 0.15) is 6.10 Å². The van der Waals surface area contributed by atoms with Crippen molar-refractivity contribution < 1.29 is 9.66 Å². The van der Waals surface area contributed by atoms with Crippen molar-refractivity contribution in [2.75, 3.05) is 18.0 Å². The van der Waals surface area contributed by atoms with Crippen molar-refractivity contribution in [3.63, 3.8) is 0 Å². The summed E-state index contributed by atoms with van der Waals surface area (Å²) in [7, 11) is 0. The zero-order valence-electron chi connectivity index (χ0n) is 13.7. The summed E-state index contributed by atoms with van der Waals surface area (Å²) in [6, 6.07) is 15.0. The van der Waals surface area contributed by atoms with Gasteiger partial charge in [0, 0.05) is 18.7 Å². The Hall–Kier alpha value is -2.51. The summed E-state index contributed by atoms with van der Waals surface area (Å²) in [5, 5.41) is 11.8. The number of fused-ring (bicyclic) bond motifs is 1. The van der Waals surface area contributed by atoms with Gasteiger partial charge in [0.05, 0.1) is 27.8 Å². The van der Waals surface area contributed by atoms with Crippen LogP contribution in [0, 0.1) is 10.1 Å². The largest absolute Gasteiger partial charge is 0.367 e. The van der Waals surface area contributed by atoms with Crippen LogP contribution in [0.15, 0.2) is 48.5 Å². The average Bonchev–Trinajstić information content (AvgIpc) is 3.05. The van der Waals surface area contributed by atoms with Gasteiger partial charge in [-0.3, -0.25) is 10.1 Å². The quantitative estimate of drug-likeness (QED) is 0.521. The van der Waals surface area contributed by atoms with Crippen molar-refractivity contribution in [3.05, 3.63) is 64.2 Å². The number of thiazole rings is 1. The van der Waals surface area contributed by atoms with Crippen LogP contribution in [0.5, 0.6) is 0 Å². The van der Waals surface area contributed by atoms with Crippen LogP contribution in [0.25, 0.3) is 10.2 Å². The fourth-order valence-electron chi connectivity index (χ4n) is 3.11. The van der Waals surface area contributed by atoms with Crippen molar-refractivity contribution in [2.24, 2.45) is 0 Å². The van der Waals surface area contributed by atoms with E-state index in [0.29, 0.717) is 0 Å². The summed E-state index contributed by atoms with van der Waals surface area (Å²) in [6.45, 7) is 3.53. The Labute approximate surface area is 148 Å². The predicted octanol–water partition coefficient (Wildman–Crippen LogP) is 4.17. The summed E-state index contributed by atoms with van der Waals surface area (Å²) in [5.41, 5.74) is 2.04. The van der Waals surface area contributed by atoms with E-state index in [2.05, 4.69) is 28.9 Å². The minimum Gasteiger partial charge on any atom is -0.367 e. The van der Waals surface area contributed by atoms with Crippen LogP contribution in [0.2, 0.25) is 0 Å². The van der Waals surface area contributed by atoms with Gasteiger partial charge in [0.2, 0.25) is 0 Å². The Bertz CT molecular complexity index is 912. The van der Waals surface area contributed by atoms with Crippen LogP contribution in [-0.4, -0.2) is 29.1 Å². The van der Waals surface area contributed by atoms with Crippen molar-refractivity contribution in [1.82, 2.24) is 4.98 Å². The van der Waals surface area contributed by atoms with E-state index in [9.17, 15) is 10.1 Å². The zero-order valence-corrected chi connectivity index (χ0v) is 14.5. The third-order valence-electron chi connectivity index (χ3n) is 4.27. The molecule has 1 fully saturated rings. The standard InChI is InChI=1S/C18H17N3O3S/c1-12-10-20(11-16(24-12)13-5-3-2-4-6-13)18-19-15-8-7-14(21(22)23)9-17(15)25-18/h2-9,12,16H,10-11H2,1H3. The second-order valence-electron chi connectivity index (χ2n) is 6.16. The number of hydrogen-bond donors (Lipinski definition) is 0. The van der Waals surface area contributed by atoms with Gasteiger partial charge in [-0.25, -0.2) is 4.98 Å². The first-order chi connectivity index (χ1) is 12.1. The van der Waals surface area contributed by atoms with Crippen LogP contribution in [0.1, 0.15) is 18.6 Å². The number of rotatable bonds is 3. The Morgan fingerprint density at radius 2 is 2.04 bits per heavy atom. The highest BCUT2D eigenvalue weighted by Crippen LogP contribution is 2.35.